The number of nitro groups is 1. The Bertz CT molecular complexity index is 559. The van der Waals surface area contributed by atoms with Crippen LogP contribution in [0.25, 0.3) is 0 Å². The molecule has 3 atom stereocenters. The number of fused-ring (bicyclic) bond motifs is 1. The Morgan fingerprint density at radius 1 is 1.14 bits per heavy atom. The minimum Gasteiger partial charge on any atom is -0.325 e. The van der Waals surface area contributed by atoms with E-state index in [9.17, 15) is 38.8 Å². The number of hydrogen-bond acceptors (Lipinski definition) is 4. The van der Waals surface area contributed by atoms with Gasteiger partial charge in [-0.1, -0.05) is 0 Å². The van der Waals surface area contributed by atoms with Gasteiger partial charge in [0.05, 0.1) is 39.0 Å². The fraction of sp³-hybridized carbons (Fsp3) is 1.00. The van der Waals surface area contributed by atoms with Gasteiger partial charge in [-0.05, 0) is 6.42 Å². The van der Waals surface area contributed by atoms with E-state index in [0.29, 0.717) is 6.54 Å². The molecule has 128 valence electrons. The van der Waals surface area contributed by atoms with Gasteiger partial charge in [-0.15, -0.1) is 0 Å². The lowest BCUT2D eigenvalue weighted by Gasteiger charge is -2.43. The highest BCUT2D eigenvalue weighted by Gasteiger charge is 2.71. The zero-order valence-corrected chi connectivity index (χ0v) is 14.1. The van der Waals surface area contributed by atoms with Gasteiger partial charge in [0, 0.05) is 11.3 Å². The summed E-state index contributed by atoms with van der Waals surface area (Å²) in [6.45, 7) is 0.422. The van der Waals surface area contributed by atoms with Gasteiger partial charge >= 0.3 is 15.2 Å². The highest BCUT2D eigenvalue weighted by atomic mass is 31.2. The molecule has 3 unspecified atom stereocenters. The summed E-state index contributed by atoms with van der Waals surface area (Å²) in [4.78, 5) is 46.6. The zero-order valence-electron chi connectivity index (χ0n) is 12.3. The predicted octanol–water partition coefficient (Wildman–Crippen LogP) is -0.0579. The monoisotopic (exact) mass is 359 g/mol. The molecule has 0 aromatic heterocycles. The van der Waals surface area contributed by atoms with Crippen molar-refractivity contribution >= 4 is 15.2 Å². The van der Waals surface area contributed by atoms with E-state index in [-0.39, 0.29) is 10.9 Å². The quantitative estimate of drug-likeness (QED) is 0.236. The largest absolute Gasteiger partial charge is 0.344 e. The summed E-state index contributed by atoms with van der Waals surface area (Å²) in [5.41, 5.74) is 0. The van der Waals surface area contributed by atoms with Crippen molar-refractivity contribution < 1.29 is 38.1 Å². The van der Waals surface area contributed by atoms with Crippen LogP contribution in [0.5, 0.6) is 0 Å². The maximum Gasteiger partial charge on any atom is 0.344 e. The van der Waals surface area contributed by atoms with Gasteiger partial charge < -0.3 is 24.1 Å². The van der Waals surface area contributed by atoms with Crippen molar-refractivity contribution in [3.63, 3.8) is 0 Å². The van der Waals surface area contributed by atoms with E-state index in [1.165, 1.54) is 0 Å². The van der Waals surface area contributed by atoms with E-state index >= 15 is 0 Å². The van der Waals surface area contributed by atoms with Crippen LogP contribution in [0.4, 0.5) is 0 Å². The van der Waals surface area contributed by atoms with E-state index in [2.05, 4.69) is 0 Å². The van der Waals surface area contributed by atoms with Gasteiger partial charge in [0.1, 0.15) is 0 Å². The number of likely N-dealkylation sites (tertiary alicyclic amines) is 1. The topological polar surface area (TPSA) is 158 Å². The first-order chi connectivity index (χ1) is 9.73. The van der Waals surface area contributed by atoms with Crippen LogP contribution in [0, 0.1) is 16.0 Å². The summed E-state index contributed by atoms with van der Waals surface area (Å²) in [5, 5.41) is 11.2. The standard InChI is InChI=1S/C10H20N2O8P2/c1-12(2)4-3-8(11(13)14)7-5-10(6-9(7)12,21(15,16)17)22(18,19)20/h7-9H,3-6H2,1-2H3,(H3-,15,16,17,18,19,20)/p+1. The van der Waals surface area contributed by atoms with Crippen LogP contribution < -0.4 is 0 Å². The van der Waals surface area contributed by atoms with Crippen LogP contribution in [-0.4, -0.2) is 66.6 Å². The van der Waals surface area contributed by atoms with Crippen molar-refractivity contribution in [2.45, 2.75) is 36.2 Å². The zero-order chi connectivity index (χ0) is 17.1. The molecule has 1 aliphatic carbocycles. The molecule has 0 bridgehead atoms. The van der Waals surface area contributed by atoms with Crippen LogP contribution >= 0.6 is 15.2 Å². The normalized spacial score (nSPS) is 34.2. The summed E-state index contributed by atoms with van der Waals surface area (Å²) >= 11 is 0. The number of nitrogens with zero attached hydrogens (tertiary/aromatic N) is 2. The average molecular weight is 359 g/mol. The van der Waals surface area contributed by atoms with Gasteiger partial charge in [-0.2, -0.15) is 0 Å². The molecule has 0 radical (unpaired) electrons. The van der Waals surface area contributed by atoms with Crippen LogP contribution in [-0.2, 0) is 9.13 Å². The maximum atomic E-state index is 11.9. The molecule has 0 aromatic rings. The molecule has 1 saturated heterocycles. The number of piperidine rings is 1. The molecule has 0 amide bonds. The molecule has 2 rings (SSSR count). The molecule has 22 heavy (non-hydrogen) atoms. The molecule has 0 aromatic carbocycles. The number of quaternary nitrogens is 1. The second kappa shape index (κ2) is 5.08. The van der Waals surface area contributed by atoms with Crippen LogP contribution in [0.15, 0.2) is 0 Å². The Kier molecular flexibility index (Phi) is 4.15. The Labute approximate surface area is 127 Å². The minimum absolute atomic E-state index is 0.222. The summed E-state index contributed by atoms with van der Waals surface area (Å²) in [5.74, 6) is -0.765. The Hall–Kier alpha value is -0.340. The van der Waals surface area contributed by atoms with Crippen molar-refractivity contribution in [2.75, 3.05) is 20.6 Å². The van der Waals surface area contributed by atoms with Crippen LogP contribution in [0.2, 0.25) is 0 Å². The predicted molar refractivity (Wildman–Crippen MR) is 75.7 cm³/mol. The molecular formula is C10H21N2O8P2+. The van der Waals surface area contributed by atoms with Crippen LogP contribution in [0.1, 0.15) is 19.3 Å². The van der Waals surface area contributed by atoms with E-state index in [4.69, 9.17) is 0 Å². The van der Waals surface area contributed by atoms with E-state index in [1.807, 2.05) is 0 Å². The smallest absolute Gasteiger partial charge is 0.325 e. The lowest BCUT2D eigenvalue weighted by Crippen LogP contribution is -2.59. The lowest BCUT2D eigenvalue weighted by molar-refractivity contribution is -0.928. The first-order valence-electron chi connectivity index (χ1n) is 6.80. The molecule has 1 aliphatic heterocycles. The second-order valence-electron chi connectivity index (χ2n) is 6.85. The van der Waals surface area contributed by atoms with E-state index < -0.39 is 55.9 Å². The van der Waals surface area contributed by atoms with Crippen LogP contribution in [0.3, 0.4) is 0 Å². The molecule has 1 heterocycles. The minimum atomic E-state index is -5.15. The Morgan fingerprint density at radius 3 is 2.05 bits per heavy atom. The molecule has 2 fully saturated rings. The molecule has 4 N–H and O–H groups in total. The van der Waals surface area contributed by atoms with Gasteiger partial charge in [0.25, 0.3) is 0 Å². The molecule has 0 spiro atoms. The van der Waals surface area contributed by atoms with Crippen molar-refractivity contribution in [2.24, 2.45) is 5.92 Å². The number of hydrogen-bond donors (Lipinski definition) is 4. The Balaban J connectivity index is 2.55. The maximum absolute atomic E-state index is 11.9. The molecule has 2 aliphatic rings. The third-order valence-corrected chi connectivity index (χ3v) is 9.80. The van der Waals surface area contributed by atoms with Gasteiger partial charge in [0.15, 0.2) is 4.90 Å². The summed E-state index contributed by atoms with van der Waals surface area (Å²) in [6, 6.07) is -1.60. The van der Waals surface area contributed by atoms with E-state index in [0.717, 1.165) is 0 Å². The van der Waals surface area contributed by atoms with Crippen molar-refractivity contribution in [3.05, 3.63) is 10.1 Å². The van der Waals surface area contributed by atoms with Gasteiger partial charge in [0.2, 0.25) is 6.04 Å². The number of rotatable bonds is 3. The average Bonchev–Trinajstić information content (AvgIpc) is 2.69. The highest BCUT2D eigenvalue weighted by molar-refractivity contribution is 7.72. The van der Waals surface area contributed by atoms with Crippen molar-refractivity contribution in [3.8, 4) is 0 Å². The lowest BCUT2D eigenvalue weighted by atomic mass is 9.86. The summed E-state index contributed by atoms with van der Waals surface area (Å²) in [6.07, 6.45) is -0.720. The first-order valence-corrected chi connectivity index (χ1v) is 10.0. The van der Waals surface area contributed by atoms with Crippen molar-refractivity contribution in [1.82, 2.24) is 0 Å². The summed E-state index contributed by atoms with van der Waals surface area (Å²) in [7, 11) is -6.76. The fourth-order valence-electron chi connectivity index (χ4n) is 3.99. The second-order valence-corrected chi connectivity index (χ2v) is 11.1. The van der Waals surface area contributed by atoms with Gasteiger partial charge in [-0.3, -0.25) is 19.2 Å². The highest BCUT2D eigenvalue weighted by Crippen LogP contribution is 2.76. The third kappa shape index (κ3) is 2.57. The molecular weight excluding hydrogens is 338 g/mol. The fourth-order valence-corrected chi connectivity index (χ4v) is 7.10. The van der Waals surface area contributed by atoms with Gasteiger partial charge in [-0.25, -0.2) is 0 Å². The first kappa shape index (κ1) is 18.0. The Morgan fingerprint density at radius 2 is 1.64 bits per heavy atom. The third-order valence-electron chi connectivity index (χ3n) is 5.34. The SMILES string of the molecule is C[N+]1(C)CCC([N+](=O)[O-])C2CC(P(=O)(O)O)(P(=O)(O)O)CC21. The molecule has 12 heteroatoms. The molecule has 10 nitrogen and oxygen atoms in total. The summed E-state index contributed by atoms with van der Waals surface area (Å²) < 4.78 is 24.0. The molecule has 1 saturated carbocycles. The van der Waals surface area contributed by atoms with E-state index in [1.54, 1.807) is 14.1 Å². The van der Waals surface area contributed by atoms with Crippen molar-refractivity contribution in [1.29, 1.82) is 0 Å².